The number of nitriles is 1. The van der Waals surface area contributed by atoms with E-state index in [4.69, 9.17) is 23.2 Å². The minimum Gasteiger partial charge on any atom is -0.286 e. The van der Waals surface area contributed by atoms with Crippen molar-refractivity contribution < 1.29 is 4.79 Å². The Kier molecular flexibility index (Phi) is 4.94. The Balaban J connectivity index is 1.88. The van der Waals surface area contributed by atoms with E-state index < -0.39 is 5.78 Å². The van der Waals surface area contributed by atoms with Gasteiger partial charge in [-0.05, 0) is 42.5 Å². The molecule has 0 aliphatic carbocycles. The topological polar surface area (TPSA) is 78.1 Å². The summed E-state index contributed by atoms with van der Waals surface area (Å²) in [5, 5.41) is 14.8. The number of benzene rings is 2. The van der Waals surface area contributed by atoms with Crippen LogP contribution in [0.3, 0.4) is 0 Å². The molecule has 0 aliphatic heterocycles. The highest BCUT2D eigenvalue weighted by Gasteiger charge is 2.14. The van der Waals surface area contributed by atoms with Gasteiger partial charge in [0.1, 0.15) is 6.07 Å². The van der Waals surface area contributed by atoms with Crippen molar-refractivity contribution >= 4 is 51.3 Å². The predicted octanol–water partition coefficient (Wildman–Crippen LogP) is 4.72. The Hall–Kier alpha value is -2.94. The lowest BCUT2D eigenvalue weighted by molar-refractivity contribution is 0.106. The molecule has 1 heterocycles. The van der Waals surface area contributed by atoms with Crippen LogP contribution in [-0.2, 0) is 0 Å². The van der Waals surface area contributed by atoms with Crippen molar-refractivity contribution in [2.24, 2.45) is 5.10 Å². The summed E-state index contributed by atoms with van der Waals surface area (Å²) in [6.07, 6.45) is 1.67. The lowest BCUT2D eigenvalue weighted by Crippen LogP contribution is -2.14. The van der Waals surface area contributed by atoms with Gasteiger partial charge in [-0.25, -0.2) is 0 Å². The second kappa shape index (κ2) is 7.31. The summed E-state index contributed by atoms with van der Waals surface area (Å²) in [6, 6.07) is 15.2. The molecule has 0 bridgehead atoms. The fourth-order valence-corrected chi connectivity index (χ4v) is 2.74. The van der Waals surface area contributed by atoms with Gasteiger partial charge in [0.25, 0.3) is 0 Å². The molecule has 0 aliphatic rings. The monoisotopic (exact) mass is 368 g/mol. The number of carbonyl (C=O) groups is 1. The number of anilines is 1. The molecule has 0 radical (unpaired) electrons. The molecule has 0 saturated carbocycles. The van der Waals surface area contributed by atoms with Gasteiger partial charge in [0.05, 0.1) is 11.2 Å². The van der Waals surface area contributed by atoms with E-state index in [0.717, 1.165) is 10.9 Å². The van der Waals surface area contributed by atoms with Gasteiger partial charge in [0, 0.05) is 27.2 Å². The highest BCUT2D eigenvalue weighted by Crippen LogP contribution is 2.22. The number of hydrogen-bond donors (Lipinski definition) is 1. The largest absolute Gasteiger partial charge is 0.286 e. The van der Waals surface area contributed by atoms with E-state index >= 15 is 0 Å². The number of halogens is 2. The van der Waals surface area contributed by atoms with Crippen molar-refractivity contribution in [1.29, 1.82) is 5.26 Å². The molecular weight excluding hydrogens is 359 g/mol. The van der Waals surface area contributed by atoms with Crippen LogP contribution in [0.4, 0.5) is 5.69 Å². The number of hydrogen-bond acceptors (Lipinski definition) is 5. The number of aromatic nitrogens is 1. The average Bonchev–Trinajstić information content (AvgIpc) is 2.61. The standard InChI is InChI=1S/C18H10Cl2N4O/c19-13-7-14(20)9-15(8-13)23-24-17(10-21)18(25)12-3-4-16-11(6-12)2-1-5-22-16/h1-9,23H/b24-17+. The number of carbonyl (C=O) groups excluding carboxylic acids is 1. The zero-order valence-electron chi connectivity index (χ0n) is 12.7. The van der Waals surface area contributed by atoms with Crippen LogP contribution in [0.15, 0.2) is 59.8 Å². The Morgan fingerprint density at radius 2 is 1.88 bits per heavy atom. The maximum Gasteiger partial charge on any atom is 0.223 e. The number of hydrazone groups is 1. The molecule has 0 spiro atoms. The third kappa shape index (κ3) is 3.94. The zero-order valence-corrected chi connectivity index (χ0v) is 14.2. The lowest BCUT2D eigenvalue weighted by atomic mass is 10.0. The van der Waals surface area contributed by atoms with Crippen molar-refractivity contribution in [2.45, 2.75) is 0 Å². The van der Waals surface area contributed by atoms with Gasteiger partial charge >= 0.3 is 0 Å². The van der Waals surface area contributed by atoms with Gasteiger partial charge in [-0.3, -0.25) is 15.2 Å². The first-order valence-electron chi connectivity index (χ1n) is 7.16. The normalized spacial score (nSPS) is 11.2. The second-order valence-corrected chi connectivity index (χ2v) is 5.96. The molecule has 0 unspecified atom stereocenters. The van der Waals surface area contributed by atoms with Crippen molar-refractivity contribution in [3.05, 3.63) is 70.3 Å². The maximum atomic E-state index is 12.5. The first-order valence-corrected chi connectivity index (χ1v) is 7.92. The predicted molar refractivity (Wildman–Crippen MR) is 99.2 cm³/mol. The highest BCUT2D eigenvalue weighted by molar-refractivity contribution is 6.51. The number of pyridine rings is 1. The fourth-order valence-electron chi connectivity index (χ4n) is 2.22. The number of fused-ring (bicyclic) bond motifs is 1. The average molecular weight is 369 g/mol. The summed E-state index contributed by atoms with van der Waals surface area (Å²) in [5.41, 5.74) is 3.94. The molecule has 3 rings (SSSR count). The highest BCUT2D eigenvalue weighted by atomic mass is 35.5. The Morgan fingerprint density at radius 1 is 1.12 bits per heavy atom. The van der Waals surface area contributed by atoms with Crippen molar-refractivity contribution in [3.8, 4) is 6.07 Å². The SMILES string of the molecule is N#C/C(=N\Nc1cc(Cl)cc(Cl)c1)C(=O)c1ccc2ncccc2c1. The third-order valence-corrected chi connectivity index (χ3v) is 3.78. The summed E-state index contributed by atoms with van der Waals surface area (Å²) in [7, 11) is 0. The molecule has 2 aromatic carbocycles. The van der Waals surface area contributed by atoms with Gasteiger partial charge in [0.2, 0.25) is 11.5 Å². The molecule has 25 heavy (non-hydrogen) atoms. The van der Waals surface area contributed by atoms with Gasteiger partial charge in [-0.15, -0.1) is 0 Å². The Bertz CT molecular complexity index is 1020. The van der Waals surface area contributed by atoms with E-state index in [1.165, 1.54) is 0 Å². The number of nitrogens with one attached hydrogen (secondary N) is 1. The van der Waals surface area contributed by atoms with Crippen molar-refractivity contribution in [1.82, 2.24) is 4.98 Å². The first kappa shape index (κ1) is 16.9. The van der Waals surface area contributed by atoms with E-state index in [1.807, 2.05) is 6.07 Å². The molecule has 0 atom stereocenters. The summed E-state index contributed by atoms with van der Waals surface area (Å²) in [5.74, 6) is -0.492. The Morgan fingerprint density at radius 3 is 2.60 bits per heavy atom. The van der Waals surface area contributed by atoms with E-state index in [1.54, 1.807) is 54.7 Å². The molecule has 3 aromatic rings. The molecule has 5 nitrogen and oxygen atoms in total. The summed E-state index contributed by atoms with van der Waals surface area (Å²) >= 11 is 11.8. The van der Waals surface area contributed by atoms with Crippen LogP contribution in [-0.4, -0.2) is 16.5 Å². The number of ketones is 1. The summed E-state index contributed by atoms with van der Waals surface area (Å²) in [4.78, 5) is 16.7. The van der Waals surface area contributed by atoms with Crippen LogP contribution in [0.2, 0.25) is 10.0 Å². The summed E-state index contributed by atoms with van der Waals surface area (Å²) < 4.78 is 0. The van der Waals surface area contributed by atoms with E-state index in [9.17, 15) is 10.1 Å². The maximum absolute atomic E-state index is 12.5. The molecule has 7 heteroatoms. The number of nitrogens with zero attached hydrogens (tertiary/aromatic N) is 3. The lowest BCUT2D eigenvalue weighted by Gasteiger charge is -2.04. The molecule has 0 fully saturated rings. The molecular formula is C18H10Cl2N4O. The van der Waals surface area contributed by atoms with Crippen molar-refractivity contribution in [2.75, 3.05) is 5.43 Å². The number of Topliss-reactive ketones (excluding diaryl/α,β-unsaturated/α-hetero) is 1. The second-order valence-electron chi connectivity index (χ2n) is 5.08. The van der Waals surface area contributed by atoms with Gasteiger partial charge in [-0.1, -0.05) is 29.3 Å². The molecule has 1 N–H and O–H groups in total. The number of rotatable bonds is 4. The molecule has 0 saturated heterocycles. The van der Waals surface area contributed by atoms with Crippen molar-refractivity contribution in [3.63, 3.8) is 0 Å². The smallest absolute Gasteiger partial charge is 0.223 e. The molecule has 122 valence electrons. The van der Waals surface area contributed by atoms with Gasteiger partial charge < -0.3 is 0 Å². The summed E-state index contributed by atoms with van der Waals surface area (Å²) in [6.45, 7) is 0. The van der Waals surface area contributed by atoms with E-state index in [0.29, 0.717) is 21.3 Å². The van der Waals surface area contributed by atoms with Crippen LogP contribution in [0, 0.1) is 11.3 Å². The van der Waals surface area contributed by atoms with Crippen LogP contribution in [0.25, 0.3) is 10.9 Å². The van der Waals surface area contributed by atoms with Crippen LogP contribution < -0.4 is 5.43 Å². The Labute approximate surface area is 153 Å². The zero-order chi connectivity index (χ0) is 17.8. The van der Waals surface area contributed by atoms with E-state index in [-0.39, 0.29) is 5.71 Å². The van der Waals surface area contributed by atoms with Crippen LogP contribution in [0.5, 0.6) is 0 Å². The van der Waals surface area contributed by atoms with E-state index in [2.05, 4.69) is 15.5 Å². The molecule has 0 amide bonds. The van der Waals surface area contributed by atoms with Crippen LogP contribution >= 0.6 is 23.2 Å². The fraction of sp³-hybridized carbons (Fsp3) is 0. The first-order chi connectivity index (χ1) is 12.1. The minimum atomic E-state index is -0.492. The van der Waals surface area contributed by atoms with Gasteiger partial charge in [-0.2, -0.15) is 10.4 Å². The van der Waals surface area contributed by atoms with Gasteiger partial charge in [0.15, 0.2) is 0 Å². The quantitative estimate of drug-likeness (QED) is 0.410. The van der Waals surface area contributed by atoms with Crippen LogP contribution in [0.1, 0.15) is 10.4 Å². The third-order valence-electron chi connectivity index (χ3n) is 3.35. The molecule has 1 aromatic heterocycles. The minimum absolute atomic E-state index is 0.278.